The molecule has 4 nitrogen and oxygen atoms in total. The minimum atomic E-state index is 0. The van der Waals surface area contributed by atoms with Crippen molar-refractivity contribution >= 4 is 5.91 Å². The number of piperidine rings is 1. The van der Waals surface area contributed by atoms with Crippen LogP contribution in [0, 0.1) is 6.92 Å². The molecular weight excluding hydrogens is 238 g/mol. The lowest BCUT2D eigenvalue weighted by atomic mass is 10.1. The molecule has 0 unspecified atom stereocenters. The van der Waals surface area contributed by atoms with E-state index >= 15 is 0 Å². The van der Waals surface area contributed by atoms with E-state index in [2.05, 4.69) is 0 Å². The zero-order valence-electron chi connectivity index (χ0n) is 10.5. The molecule has 2 heterocycles. The van der Waals surface area contributed by atoms with E-state index < -0.39 is 0 Å². The van der Waals surface area contributed by atoms with E-state index in [1.807, 2.05) is 40.4 Å². The predicted molar refractivity (Wildman–Crippen MR) is 60.8 cm³/mol. The maximum Gasteiger partial charge on any atom is 0.264 e. The van der Waals surface area contributed by atoms with Gasteiger partial charge in [-0.3, -0.25) is 4.79 Å². The lowest BCUT2D eigenvalue weighted by Crippen LogP contribution is -3.00. The average molecular weight is 258 g/mol. The fraction of sp³-hybridized carbons (Fsp3) is 0.667. The summed E-state index contributed by atoms with van der Waals surface area (Å²) in [5.41, 5.74) is 0. The van der Waals surface area contributed by atoms with Crippen molar-refractivity contribution in [3.05, 3.63) is 18.2 Å². The lowest BCUT2D eigenvalue weighted by molar-refractivity contribution is -0.677. The summed E-state index contributed by atoms with van der Waals surface area (Å²) in [4.78, 5) is 14.0. The molecule has 1 aromatic rings. The molecule has 0 spiro atoms. The Morgan fingerprint density at radius 1 is 1.35 bits per heavy atom. The number of hydrogen-bond donors (Lipinski definition) is 0. The van der Waals surface area contributed by atoms with Gasteiger partial charge in [0.2, 0.25) is 0 Å². The largest absolute Gasteiger partial charge is 1.00 e. The van der Waals surface area contributed by atoms with Crippen molar-refractivity contribution in [1.29, 1.82) is 0 Å². The molecular formula is C12H20ClN3O. The maximum absolute atomic E-state index is 12.0. The number of nitrogens with zero attached hydrogens (tertiary/aromatic N) is 3. The molecule has 5 heteroatoms. The van der Waals surface area contributed by atoms with Crippen LogP contribution in [0.15, 0.2) is 12.4 Å². The van der Waals surface area contributed by atoms with Crippen LogP contribution >= 0.6 is 0 Å². The molecule has 0 radical (unpaired) electrons. The Hall–Kier alpha value is -1.03. The highest BCUT2D eigenvalue weighted by molar-refractivity contribution is 5.76. The summed E-state index contributed by atoms with van der Waals surface area (Å²) >= 11 is 0. The number of amides is 1. The number of carbonyl (C=O) groups is 1. The summed E-state index contributed by atoms with van der Waals surface area (Å²) in [5, 5.41) is 0. The van der Waals surface area contributed by atoms with Crippen molar-refractivity contribution in [2.24, 2.45) is 7.05 Å². The van der Waals surface area contributed by atoms with Gasteiger partial charge in [-0.15, -0.1) is 0 Å². The third kappa shape index (κ3) is 3.22. The van der Waals surface area contributed by atoms with E-state index in [1.165, 1.54) is 6.42 Å². The topological polar surface area (TPSA) is 29.1 Å². The normalized spacial score (nSPS) is 15.5. The lowest BCUT2D eigenvalue weighted by Gasteiger charge is -2.25. The van der Waals surface area contributed by atoms with Gasteiger partial charge in [0.05, 0.1) is 7.05 Å². The van der Waals surface area contributed by atoms with E-state index in [-0.39, 0.29) is 18.3 Å². The van der Waals surface area contributed by atoms with Crippen LogP contribution in [0.4, 0.5) is 0 Å². The second-order valence-corrected chi connectivity index (χ2v) is 4.53. The minimum Gasteiger partial charge on any atom is -1.00 e. The van der Waals surface area contributed by atoms with Crippen LogP contribution in [0.2, 0.25) is 0 Å². The van der Waals surface area contributed by atoms with Crippen LogP contribution in [0.3, 0.4) is 0 Å². The van der Waals surface area contributed by atoms with Crippen LogP contribution in [-0.4, -0.2) is 28.5 Å². The SMILES string of the molecule is Cc1n(CC(=O)N2CCCCC2)cc[n+]1C.[Cl-]. The fourth-order valence-corrected chi connectivity index (χ4v) is 2.15. The highest BCUT2D eigenvalue weighted by Crippen LogP contribution is 2.09. The highest BCUT2D eigenvalue weighted by atomic mass is 35.5. The van der Waals surface area contributed by atoms with Gasteiger partial charge in [-0.2, -0.15) is 0 Å². The highest BCUT2D eigenvalue weighted by Gasteiger charge is 2.20. The average Bonchev–Trinajstić information content (AvgIpc) is 2.62. The number of likely N-dealkylation sites (tertiary alicyclic amines) is 1. The van der Waals surface area contributed by atoms with E-state index in [9.17, 15) is 4.79 Å². The monoisotopic (exact) mass is 257 g/mol. The van der Waals surface area contributed by atoms with Crippen LogP contribution < -0.4 is 17.0 Å². The van der Waals surface area contributed by atoms with Crippen LogP contribution in [0.5, 0.6) is 0 Å². The fourth-order valence-electron chi connectivity index (χ4n) is 2.15. The first kappa shape index (κ1) is 14.0. The van der Waals surface area contributed by atoms with Crippen molar-refractivity contribution in [3.63, 3.8) is 0 Å². The molecule has 0 bridgehead atoms. The molecule has 1 fully saturated rings. The summed E-state index contributed by atoms with van der Waals surface area (Å²) < 4.78 is 4.04. The van der Waals surface area contributed by atoms with E-state index in [1.54, 1.807) is 0 Å². The summed E-state index contributed by atoms with van der Waals surface area (Å²) in [6, 6.07) is 0. The Morgan fingerprint density at radius 3 is 2.53 bits per heavy atom. The van der Waals surface area contributed by atoms with Crippen LogP contribution in [-0.2, 0) is 18.4 Å². The Bertz CT molecular complexity index is 383. The Morgan fingerprint density at radius 2 is 2.00 bits per heavy atom. The van der Waals surface area contributed by atoms with Crippen molar-refractivity contribution < 1.29 is 21.8 Å². The molecule has 1 aromatic heterocycles. The first-order valence-corrected chi connectivity index (χ1v) is 5.97. The zero-order valence-corrected chi connectivity index (χ0v) is 11.3. The van der Waals surface area contributed by atoms with Crippen molar-refractivity contribution in [2.75, 3.05) is 13.1 Å². The van der Waals surface area contributed by atoms with Crippen LogP contribution in [0.25, 0.3) is 0 Å². The van der Waals surface area contributed by atoms with Crippen molar-refractivity contribution in [2.45, 2.75) is 32.7 Å². The van der Waals surface area contributed by atoms with Gasteiger partial charge in [-0.05, 0) is 19.3 Å². The molecule has 0 saturated carbocycles. The van der Waals surface area contributed by atoms with Crippen molar-refractivity contribution in [1.82, 2.24) is 9.47 Å². The number of rotatable bonds is 2. The predicted octanol–water partition coefficient (Wildman–Crippen LogP) is -2.36. The smallest absolute Gasteiger partial charge is 0.264 e. The number of hydrogen-bond acceptors (Lipinski definition) is 1. The van der Waals surface area contributed by atoms with E-state index in [0.29, 0.717) is 6.54 Å². The standard InChI is InChI=1S/C12H20N3O.ClH/c1-11-13(2)8-9-15(11)10-12(16)14-6-4-3-5-7-14;/h8-9H,3-7,10H2,1-2H3;1H/q+1;/p-1. The van der Waals surface area contributed by atoms with Crippen LogP contribution in [0.1, 0.15) is 25.1 Å². The van der Waals surface area contributed by atoms with Gasteiger partial charge in [-0.1, -0.05) is 0 Å². The Kier molecular flexibility index (Phi) is 5.00. The molecule has 0 N–H and O–H groups in total. The van der Waals surface area contributed by atoms with Gasteiger partial charge < -0.3 is 17.3 Å². The molecule has 1 aliphatic heterocycles. The number of carbonyl (C=O) groups excluding carboxylic acids is 1. The summed E-state index contributed by atoms with van der Waals surface area (Å²) in [5.74, 6) is 1.37. The number of imidazole rings is 1. The zero-order chi connectivity index (χ0) is 11.5. The molecule has 2 rings (SSSR count). The third-order valence-corrected chi connectivity index (χ3v) is 3.41. The van der Waals surface area contributed by atoms with Gasteiger partial charge in [0.15, 0.2) is 6.54 Å². The van der Waals surface area contributed by atoms with Gasteiger partial charge in [0, 0.05) is 20.0 Å². The van der Waals surface area contributed by atoms with E-state index in [4.69, 9.17) is 0 Å². The number of aromatic nitrogens is 2. The van der Waals surface area contributed by atoms with Gasteiger partial charge in [0.25, 0.3) is 11.7 Å². The number of halogens is 1. The summed E-state index contributed by atoms with van der Waals surface area (Å²) in [6.45, 7) is 4.38. The summed E-state index contributed by atoms with van der Waals surface area (Å²) in [7, 11) is 2.00. The van der Waals surface area contributed by atoms with Gasteiger partial charge >= 0.3 is 0 Å². The van der Waals surface area contributed by atoms with E-state index in [0.717, 1.165) is 31.8 Å². The van der Waals surface area contributed by atoms with Gasteiger partial charge in [0.1, 0.15) is 12.4 Å². The molecule has 0 aromatic carbocycles. The second-order valence-electron chi connectivity index (χ2n) is 4.53. The quantitative estimate of drug-likeness (QED) is 0.545. The van der Waals surface area contributed by atoms with Gasteiger partial charge in [-0.25, -0.2) is 9.13 Å². The molecule has 1 aliphatic rings. The molecule has 1 saturated heterocycles. The minimum absolute atomic E-state index is 0. The maximum atomic E-state index is 12.0. The molecule has 0 aliphatic carbocycles. The first-order chi connectivity index (χ1) is 7.68. The second kappa shape index (κ2) is 6.05. The molecule has 1 amide bonds. The Labute approximate surface area is 109 Å². The first-order valence-electron chi connectivity index (χ1n) is 5.97. The number of aryl methyl sites for hydroxylation is 1. The van der Waals surface area contributed by atoms with Crippen molar-refractivity contribution in [3.8, 4) is 0 Å². The molecule has 96 valence electrons. The third-order valence-electron chi connectivity index (χ3n) is 3.41. The molecule has 17 heavy (non-hydrogen) atoms. The molecule has 0 atom stereocenters. The summed E-state index contributed by atoms with van der Waals surface area (Å²) in [6.07, 6.45) is 7.53. The Balaban J connectivity index is 0.00000144.